The van der Waals surface area contributed by atoms with E-state index in [9.17, 15) is 29.6 Å². The van der Waals surface area contributed by atoms with Crippen molar-refractivity contribution in [1.29, 1.82) is 0 Å². The number of aliphatic hydroxyl groups excluding tert-OH is 1. The zero-order valence-electron chi connectivity index (χ0n) is 19.3. The minimum atomic E-state index is -1.20. The highest BCUT2D eigenvalue weighted by atomic mass is 32.1. The number of thiazole rings is 1. The van der Waals surface area contributed by atoms with Crippen LogP contribution in [-0.2, 0) is 9.53 Å². The summed E-state index contributed by atoms with van der Waals surface area (Å²) in [5.41, 5.74) is 0.548. The number of nitro groups is 1. The number of benzene rings is 2. The molecule has 0 fully saturated rings. The van der Waals surface area contributed by atoms with Crippen molar-refractivity contribution >= 4 is 50.8 Å². The molecule has 1 unspecified atom stereocenters. The minimum absolute atomic E-state index is 0.0326. The lowest BCUT2D eigenvalue weighted by atomic mass is 9.95. The van der Waals surface area contributed by atoms with Gasteiger partial charge < -0.3 is 14.3 Å². The zero-order valence-corrected chi connectivity index (χ0v) is 20.1. The molecule has 186 valence electrons. The number of aryl methyl sites for hydroxylation is 1. The number of para-hydroxylation sites is 1. The van der Waals surface area contributed by atoms with Gasteiger partial charge in [0.05, 0.1) is 29.3 Å². The van der Waals surface area contributed by atoms with Gasteiger partial charge in [-0.05, 0) is 36.8 Å². The molecule has 1 atom stereocenters. The predicted octanol–water partition coefficient (Wildman–Crippen LogP) is 4.68. The maximum absolute atomic E-state index is 13.6. The van der Waals surface area contributed by atoms with Crippen LogP contribution in [0.4, 0.5) is 10.8 Å². The van der Waals surface area contributed by atoms with Crippen molar-refractivity contribution in [2.24, 2.45) is 0 Å². The number of methoxy groups -OCH3 is 1. The van der Waals surface area contributed by atoms with Gasteiger partial charge in [0.1, 0.15) is 10.5 Å². The number of aliphatic hydroxyl groups is 1. The van der Waals surface area contributed by atoms with E-state index in [1.54, 1.807) is 31.2 Å². The van der Waals surface area contributed by atoms with E-state index in [0.717, 1.165) is 16.2 Å². The smallest absolute Gasteiger partial charge is 0.350 e. The van der Waals surface area contributed by atoms with Gasteiger partial charge in [0.2, 0.25) is 5.78 Å². The van der Waals surface area contributed by atoms with Crippen molar-refractivity contribution in [2.75, 3.05) is 12.0 Å². The van der Waals surface area contributed by atoms with Gasteiger partial charge in [-0.1, -0.05) is 29.5 Å². The second kappa shape index (κ2) is 8.99. The predicted molar refractivity (Wildman–Crippen MR) is 132 cm³/mol. The number of nitrogens with zero attached hydrogens (tertiary/aromatic N) is 3. The van der Waals surface area contributed by atoms with Crippen LogP contribution < -0.4 is 4.90 Å². The summed E-state index contributed by atoms with van der Waals surface area (Å²) in [6, 6.07) is 12.4. The van der Waals surface area contributed by atoms with E-state index in [1.165, 1.54) is 37.4 Å². The van der Waals surface area contributed by atoms with Gasteiger partial charge >= 0.3 is 5.97 Å². The second-order valence-electron chi connectivity index (χ2n) is 8.07. The summed E-state index contributed by atoms with van der Waals surface area (Å²) in [5, 5.41) is 22.8. The van der Waals surface area contributed by atoms with E-state index in [1.807, 2.05) is 0 Å². The monoisotopic (exact) mass is 519 g/mol. The van der Waals surface area contributed by atoms with Crippen LogP contribution in [0.2, 0.25) is 0 Å². The van der Waals surface area contributed by atoms with Crippen LogP contribution in [0, 0.1) is 17.0 Å². The van der Waals surface area contributed by atoms with Gasteiger partial charge in [-0.15, -0.1) is 0 Å². The number of anilines is 1. The highest BCUT2D eigenvalue weighted by molar-refractivity contribution is 7.17. The Morgan fingerprint density at radius 1 is 1.19 bits per heavy atom. The average molecular weight is 519 g/mol. The Morgan fingerprint density at radius 3 is 2.54 bits per heavy atom. The van der Waals surface area contributed by atoms with E-state index in [0.29, 0.717) is 22.2 Å². The quantitative estimate of drug-likeness (QED) is 0.166. The van der Waals surface area contributed by atoms with Crippen LogP contribution in [0.15, 0.2) is 70.3 Å². The molecule has 0 bridgehead atoms. The number of carbonyl (C=O) groups is 3. The number of nitro benzene ring substituents is 1. The maximum Gasteiger partial charge on any atom is 0.350 e. The maximum atomic E-state index is 13.6. The molecule has 12 heteroatoms. The SMILES string of the molecule is COC(=O)c1sc(N2C(=O)C(O)=C(C(=O)c3cc4ccccc4o3)C2c2ccc([N+](=O)[O-])cc2)nc1C. The number of ketones is 1. The number of ether oxygens (including phenoxy) is 1. The van der Waals surface area contributed by atoms with Gasteiger partial charge in [-0.25, -0.2) is 9.78 Å². The summed E-state index contributed by atoms with van der Waals surface area (Å²) >= 11 is 0.854. The lowest BCUT2D eigenvalue weighted by molar-refractivity contribution is -0.384. The molecule has 1 aliphatic rings. The molecule has 4 aromatic rings. The Hall–Kier alpha value is -4.84. The van der Waals surface area contributed by atoms with Crippen LogP contribution in [0.25, 0.3) is 11.0 Å². The largest absolute Gasteiger partial charge is 0.503 e. The van der Waals surface area contributed by atoms with Gasteiger partial charge in [0.25, 0.3) is 11.6 Å². The number of hydrogen-bond donors (Lipinski definition) is 1. The van der Waals surface area contributed by atoms with Gasteiger partial charge in [0.15, 0.2) is 16.7 Å². The lowest BCUT2D eigenvalue weighted by Gasteiger charge is -2.24. The highest BCUT2D eigenvalue weighted by Crippen LogP contribution is 2.44. The van der Waals surface area contributed by atoms with Crippen molar-refractivity contribution in [1.82, 2.24) is 4.98 Å². The molecule has 1 amide bonds. The number of non-ortho nitro benzene ring substituents is 1. The summed E-state index contributed by atoms with van der Waals surface area (Å²) in [6.45, 7) is 1.56. The fourth-order valence-electron chi connectivity index (χ4n) is 4.12. The highest BCUT2D eigenvalue weighted by Gasteiger charge is 2.47. The van der Waals surface area contributed by atoms with E-state index < -0.39 is 34.4 Å². The van der Waals surface area contributed by atoms with E-state index in [2.05, 4.69) is 4.98 Å². The van der Waals surface area contributed by atoms with Crippen LogP contribution in [0.5, 0.6) is 0 Å². The molecular formula is C25H17N3O8S. The molecule has 1 N–H and O–H groups in total. The number of carbonyl (C=O) groups excluding carboxylic acids is 3. The third kappa shape index (κ3) is 3.93. The Bertz CT molecular complexity index is 1600. The van der Waals surface area contributed by atoms with Crippen molar-refractivity contribution in [3.05, 3.63) is 97.9 Å². The molecule has 3 heterocycles. The molecule has 37 heavy (non-hydrogen) atoms. The Balaban J connectivity index is 1.66. The van der Waals surface area contributed by atoms with Crippen LogP contribution >= 0.6 is 11.3 Å². The molecule has 2 aromatic carbocycles. The lowest BCUT2D eigenvalue weighted by Crippen LogP contribution is -2.31. The first kappa shape index (κ1) is 23.9. The molecule has 1 aliphatic heterocycles. The summed E-state index contributed by atoms with van der Waals surface area (Å²) in [7, 11) is 1.21. The molecular weight excluding hydrogens is 502 g/mol. The number of Topliss-reactive ketones (excluding diaryl/α,β-unsaturated/α-hetero) is 1. The Labute approximate surface area is 212 Å². The fraction of sp³-hybridized carbons (Fsp3) is 0.120. The average Bonchev–Trinajstić information content (AvgIpc) is 3.57. The summed E-state index contributed by atoms with van der Waals surface area (Å²) < 4.78 is 10.5. The van der Waals surface area contributed by atoms with Crippen LogP contribution in [-0.4, -0.2) is 39.8 Å². The van der Waals surface area contributed by atoms with E-state index in [-0.39, 0.29) is 27.0 Å². The fourth-order valence-corrected chi connectivity index (χ4v) is 5.13. The molecule has 0 saturated carbocycles. The Kier molecular flexibility index (Phi) is 5.80. The molecule has 0 radical (unpaired) electrons. The normalized spacial score (nSPS) is 15.5. The minimum Gasteiger partial charge on any atom is -0.503 e. The number of fused-ring (bicyclic) bond motifs is 1. The number of esters is 1. The number of rotatable bonds is 6. The molecule has 0 aliphatic carbocycles. The van der Waals surface area contributed by atoms with Gasteiger partial charge in [-0.2, -0.15) is 0 Å². The topological polar surface area (TPSA) is 153 Å². The first-order valence-corrected chi connectivity index (χ1v) is 11.6. The standard InChI is InChI=1S/C25H17N3O8S/c1-12-22(24(32)35-2)37-25(26-12)27-19(13-7-9-15(10-8-13)28(33)34)18(21(30)23(27)31)20(29)17-11-14-5-3-4-6-16(14)36-17/h3-11,19,30H,1-2H3. The summed E-state index contributed by atoms with van der Waals surface area (Å²) in [5.74, 6) is -3.24. The third-order valence-electron chi connectivity index (χ3n) is 5.88. The molecule has 2 aromatic heterocycles. The van der Waals surface area contributed by atoms with Gasteiger partial charge in [-0.3, -0.25) is 24.6 Å². The molecule has 5 rings (SSSR count). The van der Waals surface area contributed by atoms with Crippen LogP contribution in [0.1, 0.15) is 37.5 Å². The van der Waals surface area contributed by atoms with Gasteiger partial charge in [0, 0.05) is 17.5 Å². The summed E-state index contributed by atoms with van der Waals surface area (Å²) in [4.78, 5) is 55.2. The van der Waals surface area contributed by atoms with E-state index in [4.69, 9.17) is 9.15 Å². The van der Waals surface area contributed by atoms with Crippen LogP contribution in [0.3, 0.4) is 0 Å². The number of furan rings is 1. The number of aromatic nitrogens is 1. The zero-order chi connectivity index (χ0) is 26.4. The van der Waals surface area contributed by atoms with Crippen molar-refractivity contribution < 1.29 is 33.6 Å². The Morgan fingerprint density at radius 2 is 1.89 bits per heavy atom. The first-order valence-electron chi connectivity index (χ1n) is 10.8. The van der Waals surface area contributed by atoms with Crippen molar-refractivity contribution in [3.8, 4) is 0 Å². The molecule has 11 nitrogen and oxygen atoms in total. The first-order chi connectivity index (χ1) is 17.7. The molecule has 0 saturated heterocycles. The number of amides is 1. The van der Waals surface area contributed by atoms with Crippen molar-refractivity contribution in [3.63, 3.8) is 0 Å². The second-order valence-corrected chi connectivity index (χ2v) is 9.05. The summed E-state index contributed by atoms with van der Waals surface area (Å²) in [6.07, 6.45) is 0. The van der Waals surface area contributed by atoms with E-state index >= 15 is 0 Å². The third-order valence-corrected chi connectivity index (χ3v) is 7.02. The van der Waals surface area contributed by atoms with Crippen molar-refractivity contribution in [2.45, 2.75) is 13.0 Å². The molecule has 0 spiro atoms. The number of hydrogen-bond acceptors (Lipinski definition) is 10.